The third-order valence-electron chi connectivity index (χ3n) is 3.97. The Morgan fingerprint density at radius 2 is 1.71 bits per heavy atom. The highest BCUT2D eigenvalue weighted by Crippen LogP contribution is 2.33. The molecule has 0 radical (unpaired) electrons. The second kappa shape index (κ2) is 5.22. The smallest absolute Gasteiger partial charge is 0.0792 e. The zero-order valence-electron chi connectivity index (χ0n) is 12.0. The van der Waals surface area contributed by atoms with Crippen LogP contribution < -0.4 is 0 Å². The van der Waals surface area contributed by atoms with Gasteiger partial charge in [0.05, 0.1) is 6.10 Å². The molecule has 1 nitrogen and oxygen atoms in total. The van der Waals surface area contributed by atoms with Gasteiger partial charge in [-0.05, 0) is 48.3 Å². The predicted molar refractivity (Wildman–Crippen MR) is 74.1 cm³/mol. The van der Waals surface area contributed by atoms with Gasteiger partial charge in [0, 0.05) is 0 Å². The van der Waals surface area contributed by atoms with Crippen LogP contribution in [-0.2, 0) is 0 Å². The predicted octanol–water partition coefficient (Wildman–Crippen LogP) is 4.41. The van der Waals surface area contributed by atoms with Gasteiger partial charge in [0.25, 0.3) is 0 Å². The van der Waals surface area contributed by atoms with Crippen LogP contribution in [0.4, 0.5) is 0 Å². The summed E-state index contributed by atoms with van der Waals surface area (Å²) in [5.74, 6) is 0.499. The van der Waals surface area contributed by atoms with E-state index in [1.165, 1.54) is 11.1 Å². The number of aliphatic hydroxyl groups is 1. The number of aryl methyl sites for hydroxylation is 2. The average molecular weight is 234 g/mol. The molecule has 0 bridgehead atoms. The fraction of sp³-hybridized carbons (Fsp3) is 0.625. The van der Waals surface area contributed by atoms with E-state index in [4.69, 9.17) is 0 Å². The van der Waals surface area contributed by atoms with Crippen molar-refractivity contribution in [3.05, 3.63) is 34.9 Å². The Bertz CT molecular complexity index is 374. The van der Waals surface area contributed by atoms with Gasteiger partial charge in [-0.15, -0.1) is 0 Å². The van der Waals surface area contributed by atoms with Crippen LogP contribution >= 0.6 is 0 Å². The molecule has 0 spiro atoms. The van der Waals surface area contributed by atoms with Crippen LogP contribution in [0.25, 0.3) is 0 Å². The maximum atomic E-state index is 10.3. The van der Waals surface area contributed by atoms with Gasteiger partial charge in [0.15, 0.2) is 0 Å². The first-order valence-corrected chi connectivity index (χ1v) is 6.47. The van der Waals surface area contributed by atoms with Crippen molar-refractivity contribution in [2.45, 2.75) is 54.1 Å². The van der Waals surface area contributed by atoms with Crippen molar-refractivity contribution in [1.29, 1.82) is 0 Å². The summed E-state index contributed by atoms with van der Waals surface area (Å²) in [6, 6.07) is 6.24. The van der Waals surface area contributed by atoms with E-state index >= 15 is 0 Å². The Morgan fingerprint density at radius 3 is 2.18 bits per heavy atom. The molecule has 1 rings (SSSR count). The molecule has 0 aliphatic carbocycles. The summed E-state index contributed by atoms with van der Waals surface area (Å²) in [6.07, 6.45) is 0.481. The summed E-state index contributed by atoms with van der Waals surface area (Å²) in [6.45, 7) is 13.1. The number of benzene rings is 1. The number of hydrogen-bond acceptors (Lipinski definition) is 1. The van der Waals surface area contributed by atoms with E-state index in [0.29, 0.717) is 5.92 Å². The second-order valence-corrected chi connectivity index (χ2v) is 6.36. The molecule has 0 fully saturated rings. The lowest BCUT2D eigenvalue weighted by Gasteiger charge is -2.29. The Labute approximate surface area is 106 Å². The van der Waals surface area contributed by atoms with Crippen LogP contribution in [0.3, 0.4) is 0 Å². The molecule has 1 aromatic carbocycles. The van der Waals surface area contributed by atoms with Gasteiger partial charge in [0.2, 0.25) is 0 Å². The normalized spacial score (nSPS) is 15.7. The van der Waals surface area contributed by atoms with E-state index < -0.39 is 0 Å². The maximum absolute atomic E-state index is 10.3. The Balaban J connectivity index is 2.76. The van der Waals surface area contributed by atoms with E-state index in [1.54, 1.807) is 0 Å². The molecule has 1 aromatic rings. The number of aliphatic hydroxyl groups excluding tert-OH is 1. The summed E-state index contributed by atoms with van der Waals surface area (Å²) in [5.41, 5.74) is 3.83. The molecule has 0 saturated carbocycles. The van der Waals surface area contributed by atoms with E-state index in [0.717, 1.165) is 12.0 Å². The molecule has 0 saturated heterocycles. The van der Waals surface area contributed by atoms with Crippen molar-refractivity contribution >= 4 is 0 Å². The first-order valence-electron chi connectivity index (χ1n) is 6.47. The summed E-state index contributed by atoms with van der Waals surface area (Å²) < 4.78 is 0. The molecule has 0 aliphatic rings. The van der Waals surface area contributed by atoms with Crippen LogP contribution in [-0.4, -0.2) is 5.11 Å². The van der Waals surface area contributed by atoms with Crippen molar-refractivity contribution < 1.29 is 5.11 Å². The van der Waals surface area contributed by atoms with Crippen LogP contribution in [0.2, 0.25) is 0 Å². The molecular formula is C16H26O. The molecule has 1 heteroatoms. The van der Waals surface area contributed by atoms with Gasteiger partial charge in [-0.25, -0.2) is 0 Å². The molecule has 2 atom stereocenters. The highest BCUT2D eigenvalue weighted by Gasteiger charge is 2.23. The van der Waals surface area contributed by atoms with Gasteiger partial charge >= 0.3 is 0 Å². The minimum Gasteiger partial charge on any atom is -0.388 e. The van der Waals surface area contributed by atoms with Gasteiger partial charge in [-0.2, -0.15) is 0 Å². The lowest BCUT2D eigenvalue weighted by atomic mass is 9.78. The zero-order valence-corrected chi connectivity index (χ0v) is 12.0. The third kappa shape index (κ3) is 3.85. The lowest BCUT2D eigenvalue weighted by Crippen LogP contribution is -2.19. The van der Waals surface area contributed by atoms with Crippen LogP contribution in [0.1, 0.15) is 56.9 Å². The van der Waals surface area contributed by atoms with E-state index in [2.05, 4.69) is 53.7 Å². The average Bonchev–Trinajstić information content (AvgIpc) is 2.20. The van der Waals surface area contributed by atoms with Gasteiger partial charge in [0.1, 0.15) is 0 Å². The van der Waals surface area contributed by atoms with Crippen LogP contribution in [0.15, 0.2) is 18.2 Å². The Morgan fingerprint density at radius 1 is 1.12 bits per heavy atom. The van der Waals surface area contributed by atoms with Crippen molar-refractivity contribution in [3.63, 3.8) is 0 Å². The molecule has 0 aromatic heterocycles. The van der Waals surface area contributed by atoms with E-state index in [9.17, 15) is 5.11 Å². The van der Waals surface area contributed by atoms with Gasteiger partial charge in [-0.1, -0.05) is 45.9 Å². The quantitative estimate of drug-likeness (QED) is 0.821. The van der Waals surface area contributed by atoms with E-state index in [-0.39, 0.29) is 11.5 Å². The lowest BCUT2D eigenvalue weighted by molar-refractivity contribution is 0.111. The molecule has 17 heavy (non-hydrogen) atoms. The molecule has 1 N–H and O–H groups in total. The Kier molecular flexibility index (Phi) is 4.37. The maximum Gasteiger partial charge on any atom is 0.0792 e. The highest BCUT2D eigenvalue weighted by molar-refractivity contribution is 5.31. The van der Waals surface area contributed by atoms with Crippen molar-refractivity contribution in [2.24, 2.45) is 11.3 Å². The SMILES string of the molecule is Cc1ccc(C(O)CC(C)C(C)(C)C)cc1C. The molecule has 2 unspecified atom stereocenters. The largest absolute Gasteiger partial charge is 0.388 e. The molecule has 0 heterocycles. The molecule has 0 amide bonds. The first-order chi connectivity index (χ1) is 7.71. The first kappa shape index (κ1) is 14.2. The van der Waals surface area contributed by atoms with Crippen molar-refractivity contribution in [1.82, 2.24) is 0 Å². The summed E-state index contributed by atoms with van der Waals surface area (Å²) in [7, 11) is 0. The minimum atomic E-state index is -0.344. The van der Waals surface area contributed by atoms with Crippen LogP contribution in [0, 0.1) is 25.2 Å². The molecule has 96 valence electrons. The topological polar surface area (TPSA) is 20.2 Å². The minimum absolute atomic E-state index is 0.251. The van der Waals surface area contributed by atoms with Crippen molar-refractivity contribution in [3.8, 4) is 0 Å². The van der Waals surface area contributed by atoms with Gasteiger partial charge < -0.3 is 5.11 Å². The third-order valence-corrected chi connectivity index (χ3v) is 3.97. The van der Waals surface area contributed by atoms with Crippen molar-refractivity contribution in [2.75, 3.05) is 0 Å². The van der Waals surface area contributed by atoms with E-state index in [1.807, 2.05) is 6.07 Å². The van der Waals surface area contributed by atoms with Gasteiger partial charge in [-0.3, -0.25) is 0 Å². The summed E-state index contributed by atoms with van der Waals surface area (Å²) in [5, 5.41) is 10.3. The standard InChI is InChI=1S/C16H26O/c1-11-7-8-14(9-12(11)2)15(17)10-13(3)16(4,5)6/h7-9,13,15,17H,10H2,1-6H3. The monoisotopic (exact) mass is 234 g/mol. The number of hydrogen-bond donors (Lipinski definition) is 1. The molecular weight excluding hydrogens is 208 g/mol. The summed E-state index contributed by atoms with van der Waals surface area (Å²) >= 11 is 0. The van der Waals surface area contributed by atoms with Crippen LogP contribution in [0.5, 0.6) is 0 Å². The number of rotatable bonds is 3. The fourth-order valence-corrected chi connectivity index (χ4v) is 1.80. The fourth-order valence-electron chi connectivity index (χ4n) is 1.80. The Hall–Kier alpha value is -0.820. The molecule has 0 aliphatic heterocycles. The highest BCUT2D eigenvalue weighted by atomic mass is 16.3. The summed E-state index contributed by atoms with van der Waals surface area (Å²) in [4.78, 5) is 0. The second-order valence-electron chi connectivity index (χ2n) is 6.36. The zero-order chi connectivity index (χ0) is 13.2.